The molecule has 3 aromatic carbocycles. The maximum Gasteiger partial charge on any atom is 0.245 e. The summed E-state index contributed by atoms with van der Waals surface area (Å²) >= 11 is 0. The smallest absolute Gasteiger partial charge is 0.245 e. The van der Waals surface area contributed by atoms with E-state index in [0.29, 0.717) is 28.5 Å². The Morgan fingerprint density at radius 1 is 0.969 bits per heavy atom. The first-order chi connectivity index (χ1) is 15.4. The quantitative estimate of drug-likeness (QED) is 0.473. The number of nitrogens with one attached hydrogen (secondary N) is 1. The van der Waals surface area contributed by atoms with Crippen LogP contribution in [0, 0.1) is 0 Å². The van der Waals surface area contributed by atoms with Crippen LogP contribution in [0.5, 0.6) is 11.5 Å². The van der Waals surface area contributed by atoms with Crippen molar-refractivity contribution in [3.63, 3.8) is 0 Å². The summed E-state index contributed by atoms with van der Waals surface area (Å²) < 4.78 is 43.0. The molecule has 0 radical (unpaired) electrons. The number of furan rings is 1. The zero-order chi connectivity index (χ0) is 22.3. The van der Waals surface area contributed by atoms with Gasteiger partial charge in [0.2, 0.25) is 22.7 Å². The zero-order valence-corrected chi connectivity index (χ0v) is 18.0. The molecule has 4 aromatic rings. The molecule has 0 atom stereocenters. The normalized spacial score (nSPS) is 12.9. The predicted octanol–water partition coefficient (Wildman–Crippen LogP) is 4.11. The summed E-state index contributed by atoms with van der Waals surface area (Å²) in [5.74, 6) is 0.343. The van der Waals surface area contributed by atoms with Crippen LogP contribution in [0.25, 0.3) is 21.9 Å². The van der Waals surface area contributed by atoms with Gasteiger partial charge >= 0.3 is 0 Å². The minimum atomic E-state index is -3.71. The number of ether oxygens (including phenoxy) is 2. The Balaban J connectivity index is 1.40. The minimum Gasteiger partial charge on any atom is -0.456 e. The van der Waals surface area contributed by atoms with Crippen molar-refractivity contribution in [2.45, 2.75) is 6.92 Å². The lowest BCUT2D eigenvalue weighted by Gasteiger charge is -2.23. The van der Waals surface area contributed by atoms with Crippen LogP contribution in [0.2, 0.25) is 0 Å². The van der Waals surface area contributed by atoms with E-state index in [9.17, 15) is 13.2 Å². The van der Waals surface area contributed by atoms with Crippen LogP contribution < -0.4 is 19.1 Å². The van der Waals surface area contributed by atoms with E-state index >= 15 is 0 Å². The van der Waals surface area contributed by atoms with Gasteiger partial charge in [0, 0.05) is 28.6 Å². The van der Waals surface area contributed by atoms with Gasteiger partial charge in [-0.15, -0.1) is 0 Å². The molecule has 1 aromatic heterocycles. The van der Waals surface area contributed by atoms with Gasteiger partial charge in [0.15, 0.2) is 11.5 Å². The fraction of sp³-hybridized carbons (Fsp3) is 0.174. The van der Waals surface area contributed by atoms with E-state index in [1.54, 1.807) is 30.3 Å². The first-order valence-electron chi connectivity index (χ1n) is 10.1. The van der Waals surface area contributed by atoms with Gasteiger partial charge in [0.25, 0.3) is 0 Å². The third-order valence-electron chi connectivity index (χ3n) is 5.29. The van der Waals surface area contributed by atoms with Crippen LogP contribution in [0.1, 0.15) is 6.92 Å². The first kappa shape index (κ1) is 20.2. The van der Waals surface area contributed by atoms with Gasteiger partial charge in [-0.3, -0.25) is 9.10 Å². The minimum absolute atomic E-state index is 0.0735. The van der Waals surface area contributed by atoms with Crippen LogP contribution in [0.3, 0.4) is 0 Å². The summed E-state index contributed by atoms with van der Waals surface area (Å²) in [6.07, 6.45) is 0. The third kappa shape index (κ3) is 3.60. The number of anilines is 2. The lowest BCUT2D eigenvalue weighted by Crippen LogP contribution is -2.39. The van der Waals surface area contributed by atoms with Gasteiger partial charge in [0.05, 0.1) is 11.4 Å². The predicted molar refractivity (Wildman–Crippen MR) is 122 cm³/mol. The highest BCUT2D eigenvalue weighted by Crippen LogP contribution is 2.36. The molecule has 0 fully saturated rings. The number of nitrogens with zero attached hydrogens (tertiary/aromatic N) is 1. The molecule has 0 aliphatic carbocycles. The van der Waals surface area contributed by atoms with Gasteiger partial charge in [-0.1, -0.05) is 18.2 Å². The second kappa shape index (κ2) is 7.76. The molecule has 0 spiro atoms. The van der Waals surface area contributed by atoms with Crippen molar-refractivity contribution < 1.29 is 27.1 Å². The number of hydrogen-bond acceptors (Lipinski definition) is 6. The summed E-state index contributed by atoms with van der Waals surface area (Å²) in [4.78, 5) is 12.8. The first-order valence-corrected chi connectivity index (χ1v) is 11.7. The SMILES string of the molecule is CCS(=O)(=O)N(CC(=O)Nc1ccc2c(c1)oc1ccccc12)c1ccc2c(c1)OCO2. The Labute approximate surface area is 184 Å². The van der Waals surface area contributed by atoms with Crippen molar-refractivity contribution >= 4 is 49.2 Å². The van der Waals surface area contributed by atoms with Gasteiger partial charge in [-0.25, -0.2) is 8.42 Å². The highest BCUT2D eigenvalue weighted by molar-refractivity contribution is 7.92. The summed E-state index contributed by atoms with van der Waals surface area (Å²) in [5, 5.41) is 4.69. The fourth-order valence-electron chi connectivity index (χ4n) is 3.68. The highest BCUT2D eigenvalue weighted by Gasteiger charge is 2.26. The number of amides is 1. The Hall–Kier alpha value is -3.72. The molecule has 1 aliphatic heterocycles. The lowest BCUT2D eigenvalue weighted by molar-refractivity contribution is -0.114. The number of sulfonamides is 1. The van der Waals surface area contributed by atoms with E-state index < -0.39 is 15.9 Å². The number of carbonyl (C=O) groups is 1. The number of rotatable bonds is 6. The van der Waals surface area contributed by atoms with Crippen molar-refractivity contribution in [2.75, 3.05) is 28.7 Å². The maximum absolute atomic E-state index is 12.8. The fourth-order valence-corrected chi connectivity index (χ4v) is 4.74. The Bertz CT molecular complexity index is 1440. The number of benzene rings is 3. The number of para-hydroxylation sites is 1. The molecule has 5 rings (SSSR count). The Morgan fingerprint density at radius 2 is 1.75 bits per heavy atom. The molecule has 0 saturated carbocycles. The van der Waals surface area contributed by atoms with E-state index in [4.69, 9.17) is 13.9 Å². The lowest BCUT2D eigenvalue weighted by atomic mass is 10.1. The molecule has 2 heterocycles. The van der Waals surface area contributed by atoms with Crippen LogP contribution >= 0.6 is 0 Å². The standard InChI is InChI=1S/C23H20N2O6S/c1-2-32(27,28)25(16-8-10-20-22(12-16)30-14-29-20)13-23(26)24-15-7-9-18-17-5-3-4-6-19(17)31-21(18)11-15/h3-12H,2,13-14H2,1H3,(H,24,26). The van der Waals surface area contributed by atoms with Crippen LogP contribution in [0.4, 0.5) is 11.4 Å². The molecular formula is C23H20N2O6S. The Morgan fingerprint density at radius 3 is 2.59 bits per heavy atom. The van der Waals surface area contributed by atoms with E-state index in [1.165, 1.54) is 6.92 Å². The largest absolute Gasteiger partial charge is 0.456 e. The third-order valence-corrected chi connectivity index (χ3v) is 7.04. The highest BCUT2D eigenvalue weighted by atomic mass is 32.2. The summed E-state index contributed by atoms with van der Waals surface area (Å²) in [7, 11) is -3.71. The van der Waals surface area contributed by atoms with Crippen molar-refractivity contribution in [1.29, 1.82) is 0 Å². The molecule has 0 bridgehead atoms. The molecule has 9 heteroatoms. The molecule has 164 valence electrons. The van der Waals surface area contributed by atoms with Crippen molar-refractivity contribution in [3.05, 3.63) is 60.7 Å². The number of hydrogen-bond donors (Lipinski definition) is 1. The number of fused-ring (bicyclic) bond motifs is 4. The van der Waals surface area contributed by atoms with Crippen molar-refractivity contribution in [3.8, 4) is 11.5 Å². The van der Waals surface area contributed by atoms with E-state index in [1.807, 2.05) is 30.3 Å². The van der Waals surface area contributed by atoms with E-state index in [0.717, 1.165) is 20.7 Å². The molecule has 1 N–H and O–H groups in total. The van der Waals surface area contributed by atoms with Gasteiger partial charge < -0.3 is 19.2 Å². The molecule has 32 heavy (non-hydrogen) atoms. The van der Waals surface area contributed by atoms with Gasteiger partial charge in [-0.2, -0.15) is 0 Å². The number of carbonyl (C=O) groups excluding carboxylic acids is 1. The van der Waals surface area contributed by atoms with E-state index in [-0.39, 0.29) is 19.1 Å². The molecule has 0 unspecified atom stereocenters. The zero-order valence-electron chi connectivity index (χ0n) is 17.2. The van der Waals surface area contributed by atoms with Crippen molar-refractivity contribution in [2.24, 2.45) is 0 Å². The average Bonchev–Trinajstić information content (AvgIpc) is 3.40. The molecule has 1 amide bonds. The summed E-state index contributed by atoms with van der Waals surface area (Å²) in [6, 6.07) is 17.8. The average molecular weight is 452 g/mol. The van der Waals surface area contributed by atoms with Crippen LogP contribution in [0.15, 0.2) is 65.1 Å². The maximum atomic E-state index is 12.8. The second-order valence-electron chi connectivity index (χ2n) is 7.30. The topological polar surface area (TPSA) is 98.1 Å². The monoisotopic (exact) mass is 452 g/mol. The van der Waals surface area contributed by atoms with E-state index in [2.05, 4.69) is 5.32 Å². The van der Waals surface area contributed by atoms with Crippen LogP contribution in [-0.4, -0.2) is 33.4 Å². The summed E-state index contributed by atoms with van der Waals surface area (Å²) in [5.41, 5.74) is 2.24. The molecule has 1 aliphatic rings. The molecule has 8 nitrogen and oxygen atoms in total. The molecule has 0 saturated heterocycles. The summed E-state index contributed by atoms with van der Waals surface area (Å²) in [6.45, 7) is 1.22. The second-order valence-corrected chi connectivity index (χ2v) is 9.48. The van der Waals surface area contributed by atoms with Crippen LogP contribution in [-0.2, 0) is 14.8 Å². The van der Waals surface area contributed by atoms with Gasteiger partial charge in [-0.05, 0) is 37.3 Å². The molecular weight excluding hydrogens is 432 g/mol. The Kier molecular flexibility index (Phi) is 4.90. The van der Waals surface area contributed by atoms with Crippen molar-refractivity contribution in [1.82, 2.24) is 0 Å². The van der Waals surface area contributed by atoms with Gasteiger partial charge in [0.1, 0.15) is 17.7 Å².